The zero-order valence-electron chi connectivity index (χ0n) is 10.00. The predicted octanol–water partition coefficient (Wildman–Crippen LogP) is 4.83. The molecule has 2 rings (SSSR count). The van der Waals surface area contributed by atoms with Gasteiger partial charge in [0.05, 0.1) is 16.5 Å². The second-order valence-electron chi connectivity index (χ2n) is 4.25. The Kier molecular flexibility index (Phi) is 3.92. The highest BCUT2D eigenvalue weighted by molar-refractivity contribution is 9.10. The van der Waals surface area contributed by atoms with E-state index in [4.69, 9.17) is 12.2 Å². The lowest BCUT2D eigenvalue weighted by Gasteiger charge is -2.13. The van der Waals surface area contributed by atoms with Gasteiger partial charge in [0, 0.05) is 11.1 Å². The van der Waals surface area contributed by atoms with Crippen molar-refractivity contribution in [1.29, 1.82) is 0 Å². The molecule has 0 atom stereocenters. The van der Waals surface area contributed by atoms with Crippen molar-refractivity contribution in [3.05, 3.63) is 45.0 Å². The number of nitrogens with zero attached hydrogens (tertiary/aromatic N) is 1. The Balaban J connectivity index is 2.76. The lowest BCUT2D eigenvalue weighted by molar-refractivity contribution is 0.623. The van der Waals surface area contributed by atoms with Crippen molar-refractivity contribution in [3.63, 3.8) is 0 Å². The fraction of sp³-hybridized carbons (Fsp3) is 0.231. The van der Waals surface area contributed by atoms with Crippen LogP contribution in [0.2, 0.25) is 0 Å². The number of aromatic nitrogens is 2. The SMILES string of the molecule is CC(C)c1c(-c2cccc(Br)c2F)[nH]cnc1=S. The van der Waals surface area contributed by atoms with Gasteiger partial charge in [-0.25, -0.2) is 9.37 Å². The number of rotatable bonds is 2. The summed E-state index contributed by atoms with van der Waals surface area (Å²) in [7, 11) is 0. The maximum Gasteiger partial charge on any atom is 0.146 e. The minimum Gasteiger partial charge on any atom is -0.345 e. The fourth-order valence-electron chi connectivity index (χ4n) is 1.87. The zero-order valence-corrected chi connectivity index (χ0v) is 12.4. The van der Waals surface area contributed by atoms with Gasteiger partial charge >= 0.3 is 0 Å². The lowest BCUT2D eigenvalue weighted by Crippen LogP contribution is -2.00. The quantitative estimate of drug-likeness (QED) is 0.800. The molecule has 0 aliphatic rings. The molecule has 5 heteroatoms. The van der Waals surface area contributed by atoms with Gasteiger partial charge in [-0.1, -0.05) is 32.1 Å². The Morgan fingerprint density at radius 3 is 2.78 bits per heavy atom. The van der Waals surface area contributed by atoms with Gasteiger partial charge in [-0.05, 0) is 34.0 Å². The maximum absolute atomic E-state index is 14.1. The van der Waals surface area contributed by atoms with Crippen LogP contribution in [0.3, 0.4) is 0 Å². The lowest BCUT2D eigenvalue weighted by atomic mass is 9.98. The predicted molar refractivity (Wildman–Crippen MR) is 76.6 cm³/mol. The van der Waals surface area contributed by atoms with E-state index in [-0.39, 0.29) is 11.7 Å². The van der Waals surface area contributed by atoms with Gasteiger partial charge in [-0.3, -0.25) is 0 Å². The van der Waals surface area contributed by atoms with E-state index in [1.54, 1.807) is 18.2 Å². The summed E-state index contributed by atoms with van der Waals surface area (Å²) in [6, 6.07) is 5.19. The molecule has 0 aliphatic carbocycles. The molecular weight excluding hydrogens is 315 g/mol. The van der Waals surface area contributed by atoms with Gasteiger partial charge in [-0.15, -0.1) is 0 Å². The third kappa shape index (κ3) is 2.37. The summed E-state index contributed by atoms with van der Waals surface area (Å²) < 4.78 is 15.1. The molecule has 94 valence electrons. The van der Waals surface area contributed by atoms with Crippen LogP contribution in [0.1, 0.15) is 25.3 Å². The van der Waals surface area contributed by atoms with Crippen LogP contribution < -0.4 is 0 Å². The first-order chi connectivity index (χ1) is 8.52. The van der Waals surface area contributed by atoms with Crippen LogP contribution in [0.4, 0.5) is 4.39 Å². The Bertz CT molecular complexity index is 637. The molecule has 0 saturated heterocycles. The van der Waals surface area contributed by atoms with Crippen molar-refractivity contribution < 1.29 is 4.39 Å². The number of benzene rings is 1. The van der Waals surface area contributed by atoms with Crippen molar-refractivity contribution in [2.45, 2.75) is 19.8 Å². The van der Waals surface area contributed by atoms with E-state index in [1.807, 2.05) is 13.8 Å². The van der Waals surface area contributed by atoms with Crippen LogP contribution in [0.15, 0.2) is 29.0 Å². The summed E-state index contributed by atoms with van der Waals surface area (Å²) in [4.78, 5) is 7.07. The van der Waals surface area contributed by atoms with E-state index in [0.717, 1.165) is 5.56 Å². The second kappa shape index (κ2) is 5.28. The van der Waals surface area contributed by atoms with E-state index in [2.05, 4.69) is 25.9 Å². The Hall–Kier alpha value is -1.07. The largest absolute Gasteiger partial charge is 0.345 e. The van der Waals surface area contributed by atoms with Gasteiger partial charge in [0.25, 0.3) is 0 Å². The number of H-pyrrole nitrogens is 1. The highest BCUT2D eigenvalue weighted by atomic mass is 79.9. The van der Waals surface area contributed by atoms with Gasteiger partial charge in [-0.2, -0.15) is 0 Å². The molecule has 0 unspecified atom stereocenters. The molecule has 0 radical (unpaired) electrons. The van der Waals surface area contributed by atoms with Crippen molar-refractivity contribution in [1.82, 2.24) is 9.97 Å². The molecule has 1 N–H and O–H groups in total. The first-order valence-corrected chi connectivity index (χ1v) is 6.74. The summed E-state index contributed by atoms with van der Waals surface area (Å²) in [6.45, 7) is 4.03. The van der Waals surface area contributed by atoms with Crippen LogP contribution in [-0.4, -0.2) is 9.97 Å². The first kappa shape index (κ1) is 13.4. The number of halogens is 2. The van der Waals surface area contributed by atoms with E-state index >= 15 is 0 Å². The van der Waals surface area contributed by atoms with Crippen LogP contribution in [-0.2, 0) is 0 Å². The monoisotopic (exact) mass is 326 g/mol. The molecule has 2 nitrogen and oxygen atoms in total. The van der Waals surface area contributed by atoms with Crippen LogP contribution in [0.5, 0.6) is 0 Å². The molecular formula is C13H12BrFN2S. The smallest absolute Gasteiger partial charge is 0.146 e. The van der Waals surface area contributed by atoms with Gasteiger partial charge in [0.2, 0.25) is 0 Å². The average Bonchev–Trinajstić information content (AvgIpc) is 2.32. The molecule has 0 fully saturated rings. The number of hydrogen-bond acceptors (Lipinski definition) is 2. The number of hydrogen-bond donors (Lipinski definition) is 1. The topological polar surface area (TPSA) is 28.7 Å². The summed E-state index contributed by atoms with van der Waals surface area (Å²) in [6.07, 6.45) is 1.50. The van der Waals surface area contributed by atoms with Crippen molar-refractivity contribution in [2.75, 3.05) is 0 Å². The zero-order chi connectivity index (χ0) is 13.3. The Labute approximate surface area is 118 Å². The van der Waals surface area contributed by atoms with E-state index < -0.39 is 0 Å². The molecule has 1 aromatic carbocycles. The minimum absolute atomic E-state index is 0.177. The van der Waals surface area contributed by atoms with Gasteiger partial charge in [0.1, 0.15) is 10.5 Å². The number of nitrogens with one attached hydrogen (secondary N) is 1. The molecule has 0 spiro atoms. The van der Waals surface area contributed by atoms with Crippen molar-refractivity contribution in [3.8, 4) is 11.3 Å². The van der Waals surface area contributed by atoms with E-state index in [0.29, 0.717) is 20.4 Å². The van der Waals surface area contributed by atoms with Crippen molar-refractivity contribution in [2.24, 2.45) is 0 Å². The summed E-state index contributed by atoms with van der Waals surface area (Å²) in [5.74, 6) is -0.118. The van der Waals surface area contributed by atoms with E-state index in [9.17, 15) is 4.39 Å². The average molecular weight is 327 g/mol. The van der Waals surface area contributed by atoms with E-state index in [1.165, 1.54) is 6.33 Å². The Morgan fingerprint density at radius 1 is 1.39 bits per heavy atom. The van der Waals surface area contributed by atoms with Crippen molar-refractivity contribution >= 4 is 28.1 Å². The van der Waals surface area contributed by atoms with Gasteiger partial charge in [0.15, 0.2) is 0 Å². The normalized spacial score (nSPS) is 10.9. The minimum atomic E-state index is -0.295. The number of aromatic amines is 1. The molecule has 2 aromatic rings. The fourth-order valence-corrected chi connectivity index (χ4v) is 2.62. The summed E-state index contributed by atoms with van der Waals surface area (Å²) in [5, 5.41) is 0. The van der Waals surface area contributed by atoms with Gasteiger partial charge < -0.3 is 4.98 Å². The third-order valence-corrected chi connectivity index (χ3v) is 3.63. The molecule has 0 saturated carbocycles. The maximum atomic E-state index is 14.1. The van der Waals surface area contributed by atoms with Crippen LogP contribution >= 0.6 is 28.1 Å². The highest BCUT2D eigenvalue weighted by Gasteiger charge is 2.16. The molecule has 1 aromatic heterocycles. The third-order valence-electron chi connectivity index (χ3n) is 2.69. The molecule has 0 amide bonds. The molecule has 0 bridgehead atoms. The van der Waals surface area contributed by atoms with Crippen LogP contribution in [0.25, 0.3) is 11.3 Å². The summed E-state index contributed by atoms with van der Waals surface area (Å²) in [5.41, 5.74) is 2.06. The molecule has 18 heavy (non-hydrogen) atoms. The second-order valence-corrected chi connectivity index (χ2v) is 5.49. The first-order valence-electron chi connectivity index (χ1n) is 5.54. The Morgan fingerprint density at radius 2 is 2.11 bits per heavy atom. The molecule has 0 aliphatic heterocycles. The summed E-state index contributed by atoms with van der Waals surface area (Å²) >= 11 is 8.42. The highest BCUT2D eigenvalue weighted by Crippen LogP contribution is 2.31. The molecule has 1 heterocycles. The standard InChI is InChI=1S/C13H12BrFN2S/c1-7(2)10-12(16-6-17-13(10)18)8-4-3-5-9(14)11(8)15/h3-7H,1-2H3,(H,16,17,18). The van der Waals surface area contributed by atoms with Crippen LogP contribution in [0, 0.1) is 10.5 Å².